The molecule has 0 spiro atoms. The largest absolute Gasteiger partial charge is 0.349 e. The Kier molecular flexibility index (Phi) is 6.77. The van der Waals surface area contributed by atoms with Crippen LogP contribution in [0.15, 0.2) is 45.9 Å². The van der Waals surface area contributed by atoms with Crippen molar-refractivity contribution < 1.29 is 4.52 Å². The van der Waals surface area contributed by atoms with Crippen LogP contribution in [0.2, 0.25) is 0 Å². The van der Waals surface area contributed by atoms with Gasteiger partial charge in [0.25, 0.3) is 0 Å². The average Bonchev–Trinajstić information content (AvgIpc) is 3.02. The predicted molar refractivity (Wildman–Crippen MR) is 105 cm³/mol. The molecule has 3 rings (SSSR count). The van der Waals surface area contributed by atoms with Crippen molar-refractivity contribution in [3.05, 3.63) is 53.7 Å². The Morgan fingerprint density at radius 1 is 1.33 bits per heavy atom. The molecule has 0 unspecified atom stereocenters. The summed E-state index contributed by atoms with van der Waals surface area (Å²) in [4.78, 5) is 10.8. The number of guanidine groups is 1. The molecule has 2 heterocycles. The molecule has 7 heteroatoms. The molecule has 0 bridgehead atoms. The third kappa shape index (κ3) is 4.56. The van der Waals surface area contributed by atoms with Gasteiger partial charge in [0.1, 0.15) is 0 Å². The Morgan fingerprint density at radius 3 is 2.71 bits per heavy atom. The Labute approximate surface area is 159 Å². The molecule has 6 nitrogen and oxygen atoms in total. The molecule has 0 atom stereocenters. The lowest BCUT2D eigenvalue weighted by Crippen LogP contribution is -2.43. The van der Waals surface area contributed by atoms with Crippen molar-refractivity contribution in [2.75, 3.05) is 20.1 Å². The fraction of sp³-hybridized carbons (Fsp3) is 0.353. The van der Waals surface area contributed by atoms with Crippen molar-refractivity contribution in [2.45, 2.75) is 19.9 Å². The van der Waals surface area contributed by atoms with Gasteiger partial charge in [-0.05, 0) is 17.6 Å². The van der Waals surface area contributed by atoms with E-state index in [0.29, 0.717) is 18.3 Å². The molecule has 0 amide bonds. The van der Waals surface area contributed by atoms with Crippen LogP contribution in [-0.2, 0) is 6.54 Å². The fourth-order valence-electron chi connectivity index (χ4n) is 2.68. The molecule has 1 aliphatic heterocycles. The van der Waals surface area contributed by atoms with Gasteiger partial charge >= 0.3 is 0 Å². The van der Waals surface area contributed by atoms with Crippen LogP contribution in [0.3, 0.4) is 0 Å². The van der Waals surface area contributed by atoms with Gasteiger partial charge in [-0.2, -0.15) is 4.98 Å². The summed E-state index contributed by atoms with van der Waals surface area (Å²) in [5.41, 5.74) is 2.70. The van der Waals surface area contributed by atoms with Crippen LogP contribution in [0.1, 0.15) is 23.7 Å². The van der Waals surface area contributed by atoms with Crippen molar-refractivity contribution in [3.8, 4) is 0 Å². The number of rotatable bonds is 3. The normalized spacial score (nSPS) is 14.8. The number of halogens is 1. The molecule has 1 N–H and O–H groups in total. The fourth-order valence-corrected chi connectivity index (χ4v) is 2.68. The maximum Gasteiger partial charge on any atom is 0.223 e. The first kappa shape index (κ1) is 18.4. The monoisotopic (exact) mass is 439 g/mol. The van der Waals surface area contributed by atoms with E-state index in [9.17, 15) is 0 Å². The number of nitrogens with one attached hydrogen (secondary N) is 1. The molecule has 0 radical (unpaired) electrons. The SMILES string of the molecule is CN=C(NCc1noc(C)n1)N1CC=C(c2ccccc2)CC1.I. The molecule has 2 aromatic rings. The van der Waals surface area contributed by atoms with Crippen LogP contribution in [0.25, 0.3) is 5.57 Å². The van der Waals surface area contributed by atoms with Crippen molar-refractivity contribution in [1.82, 2.24) is 20.4 Å². The summed E-state index contributed by atoms with van der Waals surface area (Å²) in [6.45, 7) is 4.07. The summed E-state index contributed by atoms with van der Waals surface area (Å²) in [6.07, 6.45) is 3.27. The second-order valence-electron chi connectivity index (χ2n) is 5.42. The zero-order valence-corrected chi connectivity index (χ0v) is 16.2. The number of benzene rings is 1. The third-order valence-corrected chi connectivity index (χ3v) is 3.84. The zero-order chi connectivity index (χ0) is 16.1. The Morgan fingerprint density at radius 2 is 2.12 bits per heavy atom. The van der Waals surface area contributed by atoms with Crippen molar-refractivity contribution >= 4 is 35.5 Å². The first-order chi connectivity index (χ1) is 11.3. The molecule has 0 saturated heterocycles. The maximum absolute atomic E-state index is 4.97. The Hall–Kier alpha value is -1.90. The van der Waals surface area contributed by atoms with Crippen LogP contribution in [0.4, 0.5) is 0 Å². The zero-order valence-electron chi connectivity index (χ0n) is 13.9. The molecule has 128 valence electrons. The minimum Gasteiger partial charge on any atom is -0.349 e. The minimum absolute atomic E-state index is 0. The highest BCUT2D eigenvalue weighted by molar-refractivity contribution is 14.0. The summed E-state index contributed by atoms with van der Waals surface area (Å²) >= 11 is 0. The highest BCUT2D eigenvalue weighted by Crippen LogP contribution is 2.21. The third-order valence-electron chi connectivity index (χ3n) is 3.84. The summed E-state index contributed by atoms with van der Waals surface area (Å²) in [5.74, 6) is 2.07. The van der Waals surface area contributed by atoms with Crippen LogP contribution in [0.5, 0.6) is 0 Å². The van der Waals surface area contributed by atoms with Gasteiger partial charge in [-0.15, -0.1) is 24.0 Å². The van der Waals surface area contributed by atoms with Crippen molar-refractivity contribution in [2.24, 2.45) is 4.99 Å². The Bertz CT molecular complexity index is 711. The van der Waals surface area contributed by atoms with Gasteiger partial charge in [0.05, 0.1) is 6.54 Å². The van der Waals surface area contributed by atoms with Gasteiger partial charge in [0, 0.05) is 27.1 Å². The van der Waals surface area contributed by atoms with Crippen molar-refractivity contribution in [1.29, 1.82) is 0 Å². The van der Waals surface area contributed by atoms with Gasteiger partial charge in [0.15, 0.2) is 11.8 Å². The predicted octanol–water partition coefficient (Wildman–Crippen LogP) is 2.86. The number of hydrogen-bond donors (Lipinski definition) is 1. The molecule has 1 aromatic carbocycles. The van der Waals surface area contributed by atoms with E-state index in [1.165, 1.54) is 11.1 Å². The summed E-state index contributed by atoms with van der Waals surface area (Å²) in [7, 11) is 1.79. The molecule has 1 aliphatic rings. The lowest BCUT2D eigenvalue weighted by Gasteiger charge is -2.29. The quantitative estimate of drug-likeness (QED) is 0.453. The molecule has 0 fully saturated rings. The first-order valence-corrected chi connectivity index (χ1v) is 7.75. The van der Waals surface area contributed by atoms with Gasteiger partial charge in [-0.3, -0.25) is 4.99 Å². The van der Waals surface area contributed by atoms with Crippen LogP contribution >= 0.6 is 24.0 Å². The second-order valence-corrected chi connectivity index (χ2v) is 5.42. The topological polar surface area (TPSA) is 66.5 Å². The second kappa shape index (κ2) is 8.81. The number of nitrogens with zero attached hydrogens (tertiary/aromatic N) is 4. The van der Waals surface area contributed by atoms with Crippen LogP contribution in [-0.4, -0.2) is 41.1 Å². The van der Waals surface area contributed by atoms with Crippen LogP contribution < -0.4 is 5.32 Å². The summed E-state index contributed by atoms with van der Waals surface area (Å²) in [5, 5.41) is 7.17. The number of aromatic nitrogens is 2. The molecular formula is C17H22IN5O. The highest BCUT2D eigenvalue weighted by Gasteiger charge is 2.16. The van der Waals surface area contributed by atoms with E-state index in [-0.39, 0.29) is 24.0 Å². The van der Waals surface area contributed by atoms with Gasteiger partial charge in [-0.1, -0.05) is 41.6 Å². The number of aryl methyl sites for hydroxylation is 1. The van der Waals surface area contributed by atoms with E-state index >= 15 is 0 Å². The maximum atomic E-state index is 4.97. The summed E-state index contributed by atoms with van der Waals surface area (Å²) in [6, 6.07) is 10.5. The average molecular weight is 439 g/mol. The standard InChI is InChI=1S/C17H21N5O.HI/c1-13-20-16(21-23-13)12-19-17(18-2)22-10-8-15(9-11-22)14-6-4-3-5-7-14;/h3-8H,9-12H2,1-2H3,(H,18,19);1H. The highest BCUT2D eigenvalue weighted by atomic mass is 127. The van der Waals surface area contributed by atoms with E-state index in [4.69, 9.17) is 4.52 Å². The minimum atomic E-state index is 0. The molecule has 24 heavy (non-hydrogen) atoms. The number of hydrogen-bond acceptors (Lipinski definition) is 4. The number of aliphatic imine (C=N–C) groups is 1. The van der Waals surface area contributed by atoms with E-state index in [2.05, 4.69) is 55.7 Å². The van der Waals surface area contributed by atoms with Crippen LogP contribution in [0, 0.1) is 6.92 Å². The summed E-state index contributed by atoms with van der Waals surface area (Å²) < 4.78 is 4.97. The molecular weight excluding hydrogens is 417 g/mol. The molecule has 1 aromatic heterocycles. The van der Waals surface area contributed by atoms with Gasteiger partial charge in [0.2, 0.25) is 5.89 Å². The lowest BCUT2D eigenvalue weighted by atomic mass is 10.00. The van der Waals surface area contributed by atoms with Gasteiger partial charge < -0.3 is 14.7 Å². The Balaban J connectivity index is 0.00000208. The lowest BCUT2D eigenvalue weighted by molar-refractivity contribution is 0.385. The van der Waals surface area contributed by atoms with E-state index < -0.39 is 0 Å². The first-order valence-electron chi connectivity index (χ1n) is 7.75. The van der Waals surface area contributed by atoms with E-state index in [1.807, 2.05) is 6.07 Å². The molecule has 0 saturated carbocycles. The van der Waals surface area contributed by atoms with Gasteiger partial charge in [-0.25, -0.2) is 0 Å². The smallest absolute Gasteiger partial charge is 0.223 e. The van der Waals surface area contributed by atoms with E-state index in [0.717, 1.165) is 25.5 Å². The molecule has 0 aliphatic carbocycles. The van der Waals surface area contributed by atoms with Crippen molar-refractivity contribution in [3.63, 3.8) is 0 Å². The van der Waals surface area contributed by atoms with E-state index in [1.54, 1.807) is 14.0 Å².